The SMILES string of the molecule is CC1(C)CC(=NOC(=O)Nc2cccc(Cl)c2)CC(C)(C)N1. The van der Waals surface area contributed by atoms with Crippen LogP contribution < -0.4 is 10.6 Å². The minimum absolute atomic E-state index is 0.0760. The summed E-state index contributed by atoms with van der Waals surface area (Å²) in [5.41, 5.74) is 1.29. The van der Waals surface area contributed by atoms with Gasteiger partial charge < -0.3 is 5.32 Å². The van der Waals surface area contributed by atoms with E-state index in [4.69, 9.17) is 16.4 Å². The molecule has 0 unspecified atom stereocenters. The number of oxime groups is 1. The fourth-order valence-electron chi connectivity index (χ4n) is 2.96. The van der Waals surface area contributed by atoms with Gasteiger partial charge in [-0.1, -0.05) is 22.8 Å². The molecule has 120 valence electrons. The van der Waals surface area contributed by atoms with Crippen LogP contribution in [0.15, 0.2) is 29.4 Å². The topological polar surface area (TPSA) is 62.7 Å². The van der Waals surface area contributed by atoms with E-state index >= 15 is 0 Å². The van der Waals surface area contributed by atoms with Gasteiger partial charge in [0.05, 0.1) is 5.71 Å². The third-order valence-electron chi connectivity index (χ3n) is 3.30. The van der Waals surface area contributed by atoms with Crippen LogP contribution in [0.25, 0.3) is 0 Å². The Morgan fingerprint density at radius 1 is 1.27 bits per heavy atom. The minimum Gasteiger partial charge on any atom is -0.306 e. The maximum atomic E-state index is 11.8. The Bertz CT molecular complexity index is 579. The second kappa shape index (κ2) is 6.26. The fourth-order valence-corrected chi connectivity index (χ4v) is 3.15. The third-order valence-corrected chi connectivity index (χ3v) is 3.53. The van der Waals surface area contributed by atoms with Crippen LogP contribution in [0.4, 0.5) is 10.5 Å². The van der Waals surface area contributed by atoms with Crippen LogP contribution in [0.5, 0.6) is 0 Å². The number of rotatable bonds is 2. The zero-order chi connectivity index (χ0) is 16.4. The predicted octanol–water partition coefficient (Wildman–Crippen LogP) is 4.19. The second-order valence-corrected chi connectivity index (χ2v) is 7.35. The lowest BCUT2D eigenvalue weighted by atomic mass is 9.81. The van der Waals surface area contributed by atoms with E-state index in [1.54, 1.807) is 24.3 Å². The van der Waals surface area contributed by atoms with Crippen molar-refractivity contribution in [3.8, 4) is 0 Å². The lowest BCUT2D eigenvalue weighted by Gasteiger charge is -2.42. The molecule has 1 fully saturated rings. The van der Waals surface area contributed by atoms with E-state index in [1.165, 1.54) is 0 Å². The number of nitrogens with one attached hydrogen (secondary N) is 2. The molecule has 2 rings (SSSR count). The molecule has 0 aliphatic carbocycles. The van der Waals surface area contributed by atoms with Crippen LogP contribution in [-0.2, 0) is 4.84 Å². The lowest BCUT2D eigenvalue weighted by molar-refractivity contribution is 0.162. The first-order valence-electron chi connectivity index (χ1n) is 7.24. The van der Waals surface area contributed by atoms with Gasteiger partial charge in [-0.3, -0.25) is 10.2 Å². The fraction of sp³-hybridized carbons (Fsp3) is 0.500. The number of amides is 1. The summed E-state index contributed by atoms with van der Waals surface area (Å²) < 4.78 is 0. The number of carbonyl (C=O) groups is 1. The third kappa shape index (κ3) is 5.00. The zero-order valence-electron chi connectivity index (χ0n) is 13.4. The van der Waals surface area contributed by atoms with Gasteiger partial charge in [0.1, 0.15) is 0 Å². The van der Waals surface area contributed by atoms with Crippen molar-refractivity contribution in [2.24, 2.45) is 5.16 Å². The Kier molecular flexibility index (Phi) is 4.78. The molecule has 0 radical (unpaired) electrons. The van der Waals surface area contributed by atoms with E-state index in [0.717, 1.165) is 18.6 Å². The second-order valence-electron chi connectivity index (χ2n) is 6.92. The van der Waals surface area contributed by atoms with E-state index in [1.807, 2.05) is 0 Å². The monoisotopic (exact) mass is 323 g/mol. The molecule has 0 spiro atoms. The normalized spacial score (nSPS) is 19.4. The molecule has 1 aromatic carbocycles. The number of carbonyl (C=O) groups excluding carboxylic acids is 1. The zero-order valence-corrected chi connectivity index (χ0v) is 14.1. The van der Waals surface area contributed by atoms with Gasteiger partial charge in [-0.15, -0.1) is 0 Å². The molecule has 22 heavy (non-hydrogen) atoms. The Morgan fingerprint density at radius 2 is 1.91 bits per heavy atom. The molecule has 0 aromatic heterocycles. The van der Waals surface area contributed by atoms with Crippen LogP contribution >= 0.6 is 11.6 Å². The molecule has 2 N–H and O–H groups in total. The number of nitrogens with zero attached hydrogens (tertiary/aromatic N) is 1. The first-order chi connectivity index (χ1) is 10.2. The van der Waals surface area contributed by atoms with E-state index in [-0.39, 0.29) is 11.1 Å². The number of anilines is 1. The van der Waals surface area contributed by atoms with Crippen molar-refractivity contribution in [1.82, 2.24) is 5.32 Å². The maximum absolute atomic E-state index is 11.8. The Balaban J connectivity index is 1.97. The molecule has 6 heteroatoms. The van der Waals surface area contributed by atoms with Crippen molar-refractivity contribution in [2.45, 2.75) is 51.6 Å². The van der Waals surface area contributed by atoms with Gasteiger partial charge in [0, 0.05) is 34.6 Å². The van der Waals surface area contributed by atoms with E-state index < -0.39 is 6.09 Å². The molecular formula is C16H22ClN3O2. The van der Waals surface area contributed by atoms with E-state index in [0.29, 0.717) is 10.7 Å². The number of hydrogen-bond acceptors (Lipinski definition) is 4. The average Bonchev–Trinajstić information content (AvgIpc) is 2.32. The van der Waals surface area contributed by atoms with Crippen molar-refractivity contribution in [3.05, 3.63) is 29.3 Å². The van der Waals surface area contributed by atoms with Crippen LogP contribution in [0.3, 0.4) is 0 Å². The van der Waals surface area contributed by atoms with Gasteiger partial charge in [-0.2, -0.15) is 0 Å². The summed E-state index contributed by atoms with van der Waals surface area (Å²) in [6.07, 6.45) is 0.853. The van der Waals surface area contributed by atoms with Crippen molar-refractivity contribution >= 4 is 29.1 Å². The van der Waals surface area contributed by atoms with Gasteiger partial charge in [0.2, 0.25) is 0 Å². The van der Waals surface area contributed by atoms with Crippen molar-refractivity contribution in [1.29, 1.82) is 0 Å². The lowest BCUT2D eigenvalue weighted by Crippen LogP contribution is -2.58. The highest BCUT2D eigenvalue weighted by Gasteiger charge is 2.36. The molecule has 1 amide bonds. The first-order valence-corrected chi connectivity index (χ1v) is 7.62. The van der Waals surface area contributed by atoms with E-state index in [2.05, 4.69) is 43.5 Å². The van der Waals surface area contributed by atoms with Crippen molar-refractivity contribution < 1.29 is 9.63 Å². The number of benzene rings is 1. The maximum Gasteiger partial charge on any atom is 0.437 e. The summed E-state index contributed by atoms with van der Waals surface area (Å²) in [7, 11) is 0. The van der Waals surface area contributed by atoms with Crippen molar-refractivity contribution in [3.63, 3.8) is 0 Å². The highest BCUT2D eigenvalue weighted by Crippen LogP contribution is 2.26. The highest BCUT2D eigenvalue weighted by molar-refractivity contribution is 6.30. The van der Waals surface area contributed by atoms with Gasteiger partial charge in [-0.25, -0.2) is 4.79 Å². The van der Waals surface area contributed by atoms with Gasteiger partial charge in [-0.05, 0) is 45.9 Å². The van der Waals surface area contributed by atoms with Gasteiger partial charge >= 0.3 is 6.09 Å². The van der Waals surface area contributed by atoms with Gasteiger partial charge in [0.15, 0.2) is 0 Å². The van der Waals surface area contributed by atoms with E-state index in [9.17, 15) is 4.79 Å². The minimum atomic E-state index is -0.621. The van der Waals surface area contributed by atoms with Crippen molar-refractivity contribution in [2.75, 3.05) is 5.32 Å². The molecule has 0 atom stereocenters. The van der Waals surface area contributed by atoms with Gasteiger partial charge in [0.25, 0.3) is 0 Å². The summed E-state index contributed by atoms with van der Waals surface area (Å²) in [6, 6.07) is 6.86. The Labute approximate surface area is 136 Å². The highest BCUT2D eigenvalue weighted by atomic mass is 35.5. The molecule has 1 saturated heterocycles. The first kappa shape index (κ1) is 16.8. The van der Waals surface area contributed by atoms with Crippen LogP contribution in [-0.4, -0.2) is 22.9 Å². The summed E-state index contributed by atoms with van der Waals surface area (Å²) in [4.78, 5) is 16.8. The summed E-state index contributed by atoms with van der Waals surface area (Å²) in [6.45, 7) is 8.43. The molecule has 5 nitrogen and oxygen atoms in total. The van der Waals surface area contributed by atoms with Crippen LogP contribution in [0, 0.1) is 0 Å². The average molecular weight is 324 g/mol. The summed E-state index contributed by atoms with van der Waals surface area (Å²) in [5.74, 6) is 0. The number of piperidine rings is 1. The summed E-state index contributed by atoms with van der Waals surface area (Å²) in [5, 5.41) is 10.7. The molecular weight excluding hydrogens is 302 g/mol. The Hall–Kier alpha value is -1.59. The molecule has 1 aliphatic rings. The Morgan fingerprint density at radius 3 is 2.50 bits per heavy atom. The molecule has 0 saturated carbocycles. The molecule has 1 aliphatic heterocycles. The predicted molar refractivity (Wildman–Crippen MR) is 89.5 cm³/mol. The smallest absolute Gasteiger partial charge is 0.306 e. The van der Waals surface area contributed by atoms with Crippen LogP contribution in [0.2, 0.25) is 5.02 Å². The summed E-state index contributed by atoms with van der Waals surface area (Å²) >= 11 is 5.86. The standard InChI is InChI=1S/C16H22ClN3O2/c1-15(2)9-13(10-16(3,4)20-15)19-22-14(21)18-12-7-5-6-11(17)8-12/h5-8,20H,9-10H2,1-4H3,(H,18,21). The molecule has 1 aromatic rings. The molecule has 0 bridgehead atoms. The van der Waals surface area contributed by atoms with Crippen LogP contribution in [0.1, 0.15) is 40.5 Å². The molecule has 1 heterocycles. The number of hydrogen-bond donors (Lipinski definition) is 2. The largest absolute Gasteiger partial charge is 0.437 e. The quantitative estimate of drug-likeness (QED) is 0.633. The number of halogens is 1.